The van der Waals surface area contributed by atoms with E-state index in [4.69, 9.17) is 4.74 Å². The van der Waals surface area contributed by atoms with Gasteiger partial charge in [0.15, 0.2) is 0 Å². The molecule has 0 unspecified atom stereocenters. The standard InChI is InChI=1S/C26H29FN4O3/c1-30-17-28-15-19(30)4-3-12-31-13-10-18(23(16-31)26(32)33)5-7-24(27)21-9-11-29-25-8-6-20(34-2)14-22(21)25/h6,8-9,11,14-15,17-18,23-24H,5,7,10,12-13,16H2,1-2H3,(H,32,33)/t18-,23+,24-/m1/s1. The number of imidazole rings is 1. The van der Waals surface area contributed by atoms with Crippen LogP contribution in [0.4, 0.5) is 4.39 Å². The lowest BCUT2D eigenvalue weighted by Gasteiger charge is -2.35. The highest BCUT2D eigenvalue weighted by molar-refractivity contribution is 5.83. The van der Waals surface area contributed by atoms with E-state index >= 15 is 4.39 Å². The largest absolute Gasteiger partial charge is 0.497 e. The Morgan fingerprint density at radius 3 is 2.97 bits per heavy atom. The summed E-state index contributed by atoms with van der Waals surface area (Å²) in [5.74, 6) is 5.41. The minimum atomic E-state index is -1.20. The molecule has 0 radical (unpaired) electrons. The lowest BCUT2D eigenvalue weighted by molar-refractivity contribution is -0.146. The van der Waals surface area contributed by atoms with Crippen LogP contribution in [0.1, 0.15) is 36.7 Å². The number of nitrogens with zero attached hydrogens (tertiary/aromatic N) is 4. The molecule has 1 fully saturated rings. The Balaban J connectivity index is 1.38. The van der Waals surface area contributed by atoms with Gasteiger partial charge in [0.05, 0.1) is 37.6 Å². The molecule has 1 aliphatic heterocycles. The van der Waals surface area contributed by atoms with Crippen LogP contribution in [0, 0.1) is 23.7 Å². The van der Waals surface area contributed by atoms with E-state index in [2.05, 4.69) is 26.7 Å². The third kappa shape index (κ3) is 5.37. The zero-order chi connectivity index (χ0) is 24.1. The molecule has 0 bridgehead atoms. The number of aliphatic carboxylic acids is 1. The molecule has 34 heavy (non-hydrogen) atoms. The highest BCUT2D eigenvalue weighted by atomic mass is 19.1. The predicted octanol–water partition coefficient (Wildman–Crippen LogP) is 3.84. The van der Waals surface area contributed by atoms with Crippen molar-refractivity contribution in [2.24, 2.45) is 18.9 Å². The second-order valence-corrected chi connectivity index (χ2v) is 8.75. The number of benzene rings is 1. The fourth-order valence-electron chi connectivity index (χ4n) is 4.62. The summed E-state index contributed by atoms with van der Waals surface area (Å²) >= 11 is 0. The number of hydrogen-bond donors (Lipinski definition) is 1. The lowest BCUT2D eigenvalue weighted by Crippen LogP contribution is -2.44. The number of alkyl halides is 1. The third-order valence-electron chi connectivity index (χ3n) is 6.60. The molecule has 2 aromatic heterocycles. The monoisotopic (exact) mass is 464 g/mol. The smallest absolute Gasteiger partial charge is 0.308 e. The second-order valence-electron chi connectivity index (χ2n) is 8.75. The number of rotatable bonds is 7. The van der Waals surface area contributed by atoms with Crippen molar-refractivity contribution in [3.8, 4) is 17.6 Å². The van der Waals surface area contributed by atoms with Gasteiger partial charge in [-0.25, -0.2) is 9.37 Å². The van der Waals surface area contributed by atoms with E-state index in [1.165, 1.54) is 0 Å². The SMILES string of the molecule is COc1ccc2nccc([C@H](F)CC[C@@H]3CCN(CC#Cc4cncn4C)C[C@@H]3C(=O)O)c2c1. The molecule has 8 heteroatoms. The van der Waals surface area contributed by atoms with E-state index in [9.17, 15) is 9.90 Å². The number of piperidine rings is 1. The number of ether oxygens (including phenoxy) is 1. The van der Waals surface area contributed by atoms with E-state index in [-0.39, 0.29) is 12.3 Å². The molecular weight excluding hydrogens is 435 g/mol. The molecule has 4 rings (SSSR count). The molecule has 1 saturated heterocycles. The van der Waals surface area contributed by atoms with E-state index in [0.29, 0.717) is 42.8 Å². The summed E-state index contributed by atoms with van der Waals surface area (Å²) in [5, 5.41) is 10.6. The molecule has 0 amide bonds. The number of carboxylic acid groups (broad SMARTS) is 1. The summed E-state index contributed by atoms with van der Waals surface area (Å²) in [6, 6.07) is 7.12. The van der Waals surface area contributed by atoms with Crippen molar-refractivity contribution < 1.29 is 19.0 Å². The van der Waals surface area contributed by atoms with Gasteiger partial charge >= 0.3 is 5.97 Å². The number of carboxylic acids is 1. The van der Waals surface area contributed by atoms with Crippen LogP contribution in [0.15, 0.2) is 43.0 Å². The zero-order valence-corrected chi connectivity index (χ0v) is 19.4. The maximum Gasteiger partial charge on any atom is 0.308 e. The first-order chi connectivity index (χ1) is 16.5. The van der Waals surface area contributed by atoms with Gasteiger partial charge in [-0.3, -0.25) is 14.7 Å². The van der Waals surface area contributed by atoms with Crippen LogP contribution >= 0.6 is 0 Å². The van der Waals surface area contributed by atoms with Crippen molar-refractivity contribution in [2.45, 2.75) is 25.4 Å². The number of aromatic nitrogens is 3. The minimum Gasteiger partial charge on any atom is -0.497 e. The van der Waals surface area contributed by atoms with Crippen molar-refractivity contribution in [3.63, 3.8) is 0 Å². The fourth-order valence-corrected chi connectivity index (χ4v) is 4.62. The average molecular weight is 465 g/mol. The number of hydrogen-bond acceptors (Lipinski definition) is 5. The first kappa shape index (κ1) is 23.7. The molecule has 178 valence electrons. The van der Waals surface area contributed by atoms with E-state index in [1.54, 1.807) is 44.0 Å². The Kier molecular flexibility index (Phi) is 7.43. The van der Waals surface area contributed by atoms with Gasteiger partial charge in [-0.1, -0.05) is 5.92 Å². The maximum absolute atomic E-state index is 15.3. The van der Waals surface area contributed by atoms with E-state index in [0.717, 1.165) is 17.6 Å². The van der Waals surface area contributed by atoms with Crippen LogP contribution in [0.25, 0.3) is 10.9 Å². The number of methoxy groups -OCH3 is 1. The van der Waals surface area contributed by atoms with Gasteiger partial charge in [0, 0.05) is 25.2 Å². The average Bonchev–Trinajstić information content (AvgIpc) is 3.26. The second kappa shape index (κ2) is 10.7. The van der Waals surface area contributed by atoms with Gasteiger partial charge in [-0.05, 0) is 67.5 Å². The highest BCUT2D eigenvalue weighted by Crippen LogP contribution is 2.35. The third-order valence-corrected chi connectivity index (χ3v) is 6.60. The molecule has 0 aliphatic carbocycles. The molecule has 3 aromatic rings. The highest BCUT2D eigenvalue weighted by Gasteiger charge is 2.34. The van der Waals surface area contributed by atoms with Gasteiger partial charge in [-0.2, -0.15) is 0 Å². The number of likely N-dealkylation sites (tertiary alicyclic amines) is 1. The predicted molar refractivity (Wildman–Crippen MR) is 127 cm³/mol. The summed E-state index contributed by atoms with van der Waals surface area (Å²) in [4.78, 5) is 22.4. The van der Waals surface area contributed by atoms with Crippen molar-refractivity contribution in [1.82, 2.24) is 19.4 Å². The quantitative estimate of drug-likeness (QED) is 0.535. The lowest BCUT2D eigenvalue weighted by atomic mass is 9.81. The van der Waals surface area contributed by atoms with E-state index in [1.807, 2.05) is 17.7 Å². The number of carbonyl (C=O) groups is 1. The van der Waals surface area contributed by atoms with Gasteiger partial charge in [-0.15, -0.1) is 0 Å². The molecule has 1 aromatic carbocycles. The van der Waals surface area contributed by atoms with Gasteiger partial charge in [0.25, 0.3) is 0 Å². The molecule has 3 atom stereocenters. The van der Waals surface area contributed by atoms with Crippen molar-refractivity contribution in [3.05, 3.63) is 54.2 Å². The Morgan fingerprint density at radius 1 is 1.38 bits per heavy atom. The minimum absolute atomic E-state index is 0.0697. The molecule has 0 spiro atoms. The first-order valence-corrected chi connectivity index (χ1v) is 11.4. The van der Waals surface area contributed by atoms with Gasteiger partial charge < -0.3 is 14.4 Å². The van der Waals surface area contributed by atoms with Gasteiger partial charge in [0.2, 0.25) is 0 Å². The topological polar surface area (TPSA) is 80.5 Å². The van der Waals surface area contributed by atoms with Gasteiger partial charge in [0.1, 0.15) is 17.6 Å². The van der Waals surface area contributed by atoms with Crippen LogP contribution in [-0.2, 0) is 11.8 Å². The summed E-state index contributed by atoms with van der Waals surface area (Å²) in [5.41, 5.74) is 2.10. The normalized spacial score (nSPS) is 19.4. The van der Waals surface area contributed by atoms with E-state index < -0.39 is 18.1 Å². The van der Waals surface area contributed by atoms with Crippen LogP contribution < -0.4 is 4.74 Å². The van der Waals surface area contributed by atoms with Crippen LogP contribution in [0.5, 0.6) is 5.75 Å². The number of halogens is 1. The number of aryl methyl sites for hydroxylation is 1. The van der Waals surface area contributed by atoms with Crippen LogP contribution in [-0.4, -0.2) is 57.3 Å². The summed E-state index contributed by atoms with van der Waals surface area (Å²) in [7, 11) is 3.46. The molecule has 0 saturated carbocycles. The van der Waals surface area contributed by atoms with Crippen LogP contribution in [0.2, 0.25) is 0 Å². The number of fused-ring (bicyclic) bond motifs is 1. The van der Waals surface area contributed by atoms with Crippen molar-refractivity contribution in [2.75, 3.05) is 26.7 Å². The molecule has 1 N–H and O–H groups in total. The zero-order valence-electron chi connectivity index (χ0n) is 19.4. The maximum atomic E-state index is 15.3. The van der Waals surface area contributed by atoms with Crippen molar-refractivity contribution in [1.29, 1.82) is 0 Å². The summed E-state index contributed by atoms with van der Waals surface area (Å²) < 4.78 is 22.5. The molecule has 7 nitrogen and oxygen atoms in total. The summed E-state index contributed by atoms with van der Waals surface area (Å²) in [6.45, 7) is 1.67. The Labute approximate surface area is 198 Å². The number of pyridine rings is 1. The Morgan fingerprint density at radius 2 is 2.24 bits per heavy atom. The Bertz CT molecular complexity index is 1220. The van der Waals surface area contributed by atoms with Crippen molar-refractivity contribution >= 4 is 16.9 Å². The molecule has 1 aliphatic rings. The Hall–Kier alpha value is -3.44. The molecule has 3 heterocycles. The summed E-state index contributed by atoms with van der Waals surface area (Å²) in [6.07, 6.45) is 5.30. The van der Waals surface area contributed by atoms with Crippen LogP contribution in [0.3, 0.4) is 0 Å². The first-order valence-electron chi connectivity index (χ1n) is 11.4. The molecular formula is C26H29FN4O3. The fraction of sp³-hybridized carbons (Fsp3) is 0.423.